The highest BCUT2D eigenvalue weighted by Gasteiger charge is 2.30. The molecule has 8 nitrogen and oxygen atoms in total. The first-order valence-electron chi connectivity index (χ1n) is 8.79. The van der Waals surface area contributed by atoms with Gasteiger partial charge in [-0.1, -0.05) is 18.2 Å². The molecule has 2 aromatic carbocycles. The summed E-state index contributed by atoms with van der Waals surface area (Å²) >= 11 is 0. The van der Waals surface area contributed by atoms with Crippen LogP contribution in [0.1, 0.15) is 10.4 Å². The fourth-order valence-electron chi connectivity index (χ4n) is 2.88. The molecular formula is C19H23N3O5S. The Morgan fingerprint density at radius 1 is 1.14 bits per heavy atom. The molecule has 1 N–H and O–H groups in total. The Morgan fingerprint density at radius 3 is 2.46 bits per heavy atom. The summed E-state index contributed by atoms with van der Waals surface area (Å²) in [5.74, 6) is -0.230. The predicted octanol–water partition coefficient (Wildman–Crippen LogP) is 1.50. The Kier molecular flexibility index (Phi) is 6.18. The monoisotopic (exact) mass is 405 g/mol. The number of rotatable bonds is 6. The number of carbonyl (C=O) groups is 1. The van der Waals surface area contributed by atoms with Gasteiger partial charge >= 0.3 is 0 Å². The van der Waals surface area contributed by atoms with E-state index in [-0.39, 0.29) is 29.3 Å². The van der Waals surface area contributed by atoms with E-state index in [1.807, 2.05) is 30.3 Å². The van der Waals surface area contributed by atoms with E-state index in [4.69, 9.17) is 9.47 Å². The highest BCUT2D eigenvalue weighted by atomic mass is 32.2. The second-order valence-electron chi connectivity index (χ2n) is 6.22. The molecule has 0 spiro atoms. The number of anilines is 1. The number of nitrogens with one attached hydrogen (secondary N) is 1. The van der Waals surface area contributed by atoms with Crippen molar-refractivity contribution >= 4 is 21.6 Å². The Bertz CT molecular complexity index is 928. The number of nitrogens with zero attached hydrogens (tertiary/aromatic N) is 2. The lowest BCUT2D eigenvalue weighted by Crippen LogP contribution is -2.41. The molecule has 1 aliphatic heterocycles. The molecule has 0 aromatic heterocycles. The van der Waals surface area contributed by atoms with Gasteiger partial charge < -0.3 is 9.47 Å². The van der Waals surface area contributed by atoms with Gasteiger partial charge in [-0.25, -0.2) is 8.42 Å². The second-order valence-corrected chi connectivity index (χ2v) is 8.12. The fraction of sp³-hybridized carbons (Fsp3) is 0.316. The van der Waals surface area contributed by atoms with Crippen LogP contribution in [-0.2, 0) is 14.8 Å². The third-order valence-electron chi connectivity index (χ3n) is 4.43. The van der Waals surface area contributed by atoms with Gasteiger partial charge in [0.25, 0.3) is 5.91 Å². The van der Waals surface area contributed by atoms with Crippen LogP contribution in [0.5, 0.6) is 5.75 Å². The molecule has 28 heavy (non-hydrogen) atoms. The average Bonchev–Trinajstić information content (AvgIpc) is 2.74. The molecule has 9 heteroatoms. The number of hydrogen-bond acceptors (Lipinski definition) is 6. The summed E-state index contributed by atoms with van der Waals surface area (Å²) in [5, 5.41) is 1.57. The minimum Gasteiger partial charge on any atom is -0.495 e. The molecule has 1 fully saturated rings. The molecule has 1 heterocycles. The molecule has 0 atom stereocenters. The quantitative estimate of drug-likeness (QED) is 0.733. The van der Waals surface area contributed by atoms with Gasteiger partial charge in [0.15, 0.2) is 0 Å². The van der Waals surface area contributed by atoms with Crippen molar-refractivity contribution in [1.82, 2.24) is 9.73 Å². The van der Waals surface area contributed by atoms with Crippen molar-refractivity contribution in [2.24, 2.45) is 0 Å². The van der Waals surface area contributed by atoms with Crippen LogP contribution in [0.15, 0.2) is 53.4 Å². The molecule has 0 saturated carbocycles. The third kappa shape index (κ3) is 4.27. The maximum atomic E-state index is 13.0. The van der Waals surface area contributed by atoms with Crippen LogP contribution in [0, 0.1) is 0 Å². The zero-order valence-corrected chi connectivity index (χ0v) is 16.6. The number of ether oxygens (including phenoxy) is 2. The smallest absolute Gasteiger partial charge is 0.269 e. The van der Waals surface area contributed by atoms with E-state index in [2.05, 4.69) is 5.43 Å². The number of amides is 1. The number of para-hydroxylation sites is 1. The average molecular weight is 405 g/mol. The third-order valence-corrected chi connectivity index (χ3v) is 6.35. The number of morpholine rings is 1. The topological polar surface area (TPSA) is 88.2 Å². The number of hydrogen-bond donors (Lipinski definition) is 1. The Hall–Kier alpha value is -2.62. The standard InChI is InChI=1S/C19H23N3O5S/c1-21(16-6-4-3-5-7-16)20-19(23)15-8-9-17(26-2)18(14-15)28(24,25)22-10-12-27-13-11-22/h3-9,14H,10-13H2,1-2H3,(H,20,23). The summed E-state index contributed by atoms with van der Waals surface area (Å²) in [6.45, 7) is 1.20. The summed E-state index contributed by atoms with van der Waals surface area (Å²) in [4.78, 5) is 12.6. The van der Waals surface area contributed by atoms with E-state index in [9.17, 15) is 13.2 Å². The molecule has 150 valence electrons. The molecule has 0 radical (unpaired) electrons. The largest absolute Gasteiger partial charge is 0.495 e. The molecule has 1 amide bonds. The lowest BCUT2D eigenvalue weighted by Gasteiger charge is -2.27. The van der Waals surface area contributed by atoms with Gasteiger partial charge in [0.2, 0.25) is 10.0 Å². The van der Waals surface area contributed by atoms with E-state index in [0.717, 1.165) is 5.69 Å². The highest BCUT2D eigenvalue weighted by molar-refractivity contribution is 7.89. The SMILES string of the molecule is COc1ccc(C(=O)NN(C)c2ccccc2)cc1S(=O)(=O)N1CCOCC1. The maximum absolute atomic E-state index is 13.0. The number of methoxy groups -OCH3 is 1. The van der Waals surface area contributed by atoms with Crippen molar-refractivity contribution < 1.29 is 22.7 Å². The first-order chi connectivity index (χ1) is 13.4. The van der Waals surface area contributed by atoms with E-state index in [0.29, 0.717) is 13.2 Å². The van der Waals surface area contributed by atoms with E-state index in [1.165, 1.54) is 29.6 Å². The van der Waals surface area contributed by atoms with Crippen LogP contribution in [-0.4, -0.2) is 59.1 Å². The van der Waals surface area contributed by atoms with Crippen molar-refractivity contribution in [3.05, 3.63) is 54.1 Å². The van der Waals surface area contributed by atoms with Gasteiger partial charge in [-0.3, -0.25) is 15.2 Å². The number of carbonyl (C=O) groups excluding carboxylic acids is 1. The zero-order valence-electron chi connectivity index (χ0n) is 15.8. The summed E-state index contributed by atoms with van der Waals surface area (Å²) < 4.78 is 37.9. The Balaban J connectivity index is 1.87. The van der Waals surface area contributed by atoms with Crippen molar-refractivity contribution in [2.75, 3.05) is 45.5 Å². The second kappa shape index (κ2) is 8.59. The van der Waals surface area contributed by atoms with Crippen LogP contribution in [0.25, 0.3) is 0 Å². The molecular weight excluding hydrogens is 382 g/mol. The van der Waals surface area contributed by atoms with Crippen molar-refractivity contribution in [3.8, 4) is 5.75 Å². The first-order valence-corrected chi connectivity index (χ1v) is 10.2. The van der Waals surface area contributed by atoms with Crippen LogP contribution in [0.2, 0.25) is 0 Å². The van der Waals surface area contributed by atoms with Crippen molar-refractivity contribution in [2.45, 2.75) is 4.90 Å². The van der Waals surface area contributed by atoms with E-state index in [1.54, 1.807) is 12.1 Å². The van der Waals surface area contributed by atoms with Gasteiger partial charge in [0.1, 0.15) is 10.6 Å². The maximum Gasteiger partial charge on any atom is 0.269 e. The van der Waals surface area contributed by atoms with Gasteiger partial charge in [-0.05, 0) is 30.3 Å². The van der Waals surface area contributed by atoms with Crippen molar-refractivity contribution in [1.29, 1.82) is 0 Å². The minimum absolute atomic E-state index is 0.0353. The molecule has 0 aliphatic carbocycles. The molecule has 3 rings (SSSR count). The predicted molar refractivity (Wildman–Crippen MR) is 105 cm³/mol. The van der Waals surface area contributed by atoms with Crippen molar-refractivity contribution in [3.63, 3.8) is 0 Å². The number of hydrazine groups is 1. The van der Waals surface area contributed by atoms with Gasteiger partial charge in [-0.15, -0.1) is 0 Å². The lowest BCUT2D eigenvalue weighted by atomic mass is 10.2. The highest BCUT2D eigenvalue weighted by Crippen LogP contribution is 2.28. The van der Waals surface area contributed by atoms with Crippen LogP contribution >= 0.6 is 0 Å². The Labute approximate surface area is 164 Å². The summed E-state index contributed by atoms with van der Waals surface area (Å²) in [6.07, 6.45) is 0. The van der Waals surface area contributed by atoms with Crippen LogP contribution < -0.4 is 15.2 Å². The van der Waals surface area contributed by atoms with Gasteiger partial charge in [0, 0.05) is 25.7 Å². The number of benzene rings is 2. The minimum atomic E-state index is -3.81. The number of sulfonamides is 1. The van der Waals surface area contributed by atoms with E-state index < -0.39 is 15.9 Å². The van der Waals surface area contributed by atoms with Gasteiger partial charge in [0.05, 0.1) is 26.0 Å². The zero-order chi connectivity index (χ0) is 20.1. The van der Waals surface area contributed by atoms with Gasteiger partial charge in [-0.2, -0.15) is 4.31 Å². The molecule has 0 bridgehead atoms. The molecule has 0 unspecified atom stereocenters. The molecule has 1 aliphatic rings. The molecule has 2 aromatic rings. The first kappa shape index (κ1) is 20.1. The van der Waals surface area contributed by atoms with E-state index >= 15 is 0 Å². The summed E-state index contributed by atoms with van der Waals surface area (Å²) in [7, 11) is -0.697. The van der Waals surface area contributed by atoms with Crippen LogP contribution in [0.4, 0.5) is 5.69 Å². The summed E-state index contributed by atoms with van der Waals surface area (Å²) in [5.41, 5.74) is 3.75. The summed E-state index contributed by atoms with van der Waals surface area (Å²) in [6, 6.07) is 13.7. The lowest BCUT2D eigenvalue weighted by molar-refractivity contribution is 0.0729. The Morgan fingerprint density at radius 2 is 1.82 bits per heavy atom. The fourth-order valence-corrected chi connectivity index (χ4v) is 4.47. The normalized spacial score (nSPS) is 15.1. The van der Waals surface area contributed by atoms with Crippen LogP contribution in [0.3, 0.4) is 0 Å². The molecule has 1 saturated heterocycles.